The number of hydrogen-bond donors (Lipinski definition) is 0. The maximum absolute atomic E-state index is 9.02. The zero-order valence-electron chi connectivity index (χ0n) is 11.6. The molecule has 100 valence electrons. The molecule has 20 heavy (non-hydrogen) atoms. The molecular formula is C15H14N4S. The van der Waals surface area contributed by atoms with Gasteiger partial charge in [0.05, 0.1) is 28.2 Å². The molecule has 0 unspecified atom stereocenters. The lowest BCUT2D eigenvalue weighted by Gasteiger charge is -2.24. The highest BCUT2D eigenvalue weighted by Crippen LogP contribution is 2.31. The summed E-state index contributed by atoms with van der Waals surface area (Å²) >= 11 is 1.55. The molecule has 0 amide bonds. The number of thiazole rings is 1. The third kappa shape index (κ3) is 1.98. The van der Waals surface area contributed by atoms with Crippen molar-refractivity contribution in [3.63, 3.8) is 0 Å². The lowest BCUT2D eigenvalue weighted by atomic mass is 10.1. The van der Waals surface area contributed by atoms with Gasteiger partial charge in [0, 0.05) is 10.9 Å². The molecule has 0 radical (unpaired) electrons. The molecule has 0 atom stereocenters. The summed E-state index contributed by atoms with van der Waals surface area (Å²) in [6.45, 7) is 6.42. The van der Waals surface area contributed by atoms with Crippen LogP contribution in [0.3, 0.4) is 0 Å². The topological polar surface area (TPSA) is 54.5 Å². The molecular weight excluding hydrogens is 268 g/mol. The first kappa shape index (κ1) is 12.8. The van der Waals surface area contributed by atoms with Gasteiger partial charge in [-0.1, -0.05) is 0 Å². The van der Waals surface area contributed by atoms with Crippen LogP contribution >= 0.6 is 11.3 Å². The van der Waals surface area contributed by atoms with Crippen LogP contribution in [0.1, 0.15) is 26.3 Å². The van der Waals surface area contributed by atoms with Gasteiger partial charge in [0.25, 0.3) is 0 Å². The van der Waals surface area contributed by atoms with E-state index < -0.39 is 0 Å². The fourth-order valence-corrected chi connectivity index (χ4v) is 2.85. The van der Waals surface area contributed by atoms with E-state index in [-0.39, 0.29) is 5.54 Å². The molecule has 0 bridgehead atoms. The van der Waals surface area contributed by atoms with Crippen LogP contribution in [-0.4, -0.2) is 14.5 Å². The highest BCUT2D eigenvalue weighted by Gasteiger charge is 2.23. The Hall–Kier alpha value is -2.19. The molecule has 0 aliphatic heterocycles. The minimum atomic E-state index is -0.109. The van der Waals surface area contributed by atoms with Crippen LogP contribution in [0.4, 0.5) is 0 Å². The molecule has 0 saturated heterocycles. The first-order chi connectivity index (χ1) is 9.50. The summed E-state index contributed by atoms with van der Waals surface area (Å²) in [4.78, 5) is 9.05. The van der Waals surface area contributed by atoms with Crippen molar-refractivity contribution in [2.24, 2.45) is 0 Å². The fraction of sp³-hybridized carbons (Fsp3) is 0.267. The van der Waals surface area contributed by atoms with Gasteiger partial charge in [-0.3, -0.25) is 0 Å². The Bertz CT molecular complexity index is 801. The van der Waals surface area contributed by atoms with Crippen molar-refractivity contribution in [1.82, 2.24) is 14.5 Å². The first-order valence-corrected chi connectivity index (χ1v) is 7.26. The average Bonchev–Trinajstić information content (AvgIpc) is 3.03. The summed E-state index contributed by atoms with van der Waals surface area (Å²) in [7, 11) is 0. The SMILES string of the molecule is CC(C)(C)n1c(-c2cscn2)nc2cc(C#N)ccc21. The molecule has 4 nitrogen and oxygen atoms in total. The van der Waals surface area contributed by atoms with Gasteiger partial charge in [0.2, 0.25) is 0 Å². The Balaban J connectivity index is 2.37. The quantitative estimate of drug-likeness (QED) is 0.682. The highest BCUT2D eigenvalue weighted by atomic mass is 32.1. The van der Waals surface area contributed by atoms with Crippen molar-refractivity contribution in [2.45, 2.75) is 26.3 Å². The number of nitriles is 1. The average molecular weight is 282 g/mol. The lowest BCUT2D eigenvalue weighted by Crippen LogP contribution is -2.22. The third-order valence-corrected chi connectivity index (χ3v) is 3.70. The number of rotatable bonds is 1. The molecule has 2 aromatic heterocycles. The molecule has 0 aliphatic carbocycles. The second-order valence-electron chi connectivity index (χ2n) is 5.63. The first-order valence-electron chi connectivity index (χ1n) is 6.32. The standard InChI is InChI=1S/C15H14N4S/c1-15(2,3)19-13-5-4-10(7-16)6-11(13)18-14(19)12-8-20-9-17-12/h4-6,8-9H,1-3H3. The molecule has 3 aromatic rings. The molecule has 0 aliphatic rings. The molecule has 3 rings (SSSR count). The Labute approximate surface area is 121 Å². The van der Waals surface area contributed by atoms with Gasteiger partial charge in [-0.25, -0.2) is 9.97 Å². The van der Waals surface area contributed by atoms with Crippen LogP contribution in [-0.2, 0) is 5.54 Å². The number of hydrogen-bond acceptors (Lipinski definition) is 4. The van der Waals surface area contributed by atoms with Gasteiger partial charge in [-0.05, 0) is 39.0 Å². The van der Waals surface area contributed by atoms with Crippen molar-refractivity contribution in [2.75, 3.05) is 0 Å². The number of fused-ring (bicyclic) bond motifs is 1. The number of benzene rings is 1. The smallest absolute Gasteiger partial charge is 0.161 e. The summed E-state index contributed by atoms with van der Waals surface area (Å²) in [5, 5.41) is 11.0. The van der Waals surface area contributed by atoms with Crippen molar-refractivity contribution in [3.05, 3.63) is 34.7 Å². The van der Waals surface area contributed by atoms with Crippen molar-refractivity contribution < 1.29 is 0 Å². The largest absolute Gasteiger partial charge is 0.317 e. The van der Waals surface area contributed by atoms with Crippen LogP contribution in [0.25, 0.3) is 22.6 Å². The van der Waals surface area contributed by atoms with Crippen LogP contribution < -0.4 is 0 Å². The predicted molar refractivity (Wildman–Crippen MR) is 80.6 cm³/mol. The van der Waals surface area contributed by atoms with E-state index in [2.05, 4.69) is 41.4 Å². The van der Waals surface area contributed by atoms with Gasteiger partial charge in [-0.2, -0.15) is 5.26 Å². The summed E-state index contributed by atoms with van der Waals surface area (Å²) in [6.07, 6.45) is 0. The van der Waals surface area contributed by atoms with E-state index in [9.17, 15) is 0 Å². The Morgan fingerprint density at radius 1 is 1.30 bits per heavy atom. The second kappa shape index (κ2) is 4.43. The lowest BCUT2D eigenvalue weighted by molar-refractivity contribution is 0.412. The zero-order valence-corrected chi connectivity index (χ0v) is 12.4. The summed E-state index contributed by atoms with van der Waals surface area (Å²) in [5.41, 5.74) is 5.06. The molecule has 2 heterocycles. The Morgan fingerprint density at radius 3 is 2.70 bits per heavy atom. The molecule has 0 fully saturated rings. The minimum absolute atomic E-state index is 0.109. The van der Waals surface area contributed by atoms with E-state index in [1.165, 1.54) is 0 Å². The summed E-state index contributed by atoms with van der Waals surface area (Å²) < 4.78 is 2.18. The van der Waals surface area contributed by atoms with E-state index in [0.29, 0.717) is 5.56 Å². The van der Waals surface area contributed by atoms with Crippen LogP contribution in [0.5, 0.6) is 0 Å². The van der Waals surface area contributed by atoms with E-state index in [1.54, 1.807) is 11.3 Å². The summed E-state index contributed by atoms with van der Waals surface area (Å²) in [5.74, 6) is 0.851. The number of nitrogens with zero attached hydrogens (tertiary/aromatic N) is 4. The fourth-order valence-electron chi connectivity index (χ4n) is 2.32. The van der Waals surface area contributed by atoms with Crippen molar-refractivity contribution >= 4 is 22.4 Å². The van der Waals surface area contributed by atoms with E-state index in [4.69, 9.17) is 5.26 Å². The van der Waals surface area contributed by atoms with E-state index in [0.717, 1.165) is 22.6 Å². The molecule has 1 aromatic carbocycles. The number of aromatic nitrogens is 3. The molecule has 5 heteroatoms. The van der Waals surface area contributed by atoms with Crippen LogP contribution in [0.2, 0.25) is 0 Å². The van der Waals surface area contributed by atoms with Gasteiger partial charge in [0.15, 0.2) is 5.82 Å². The minimum Gasteiger partial charge on any atom is -0.317 e. The molecule has 0 N–H and O–H groups in total. The maximum atomic E-state index is 9.02. The van der Waals surface area contributed by atoms with Crippen molar-refractivity contribution in [3.8, 4) is 17.6 Å². The predicted octanol–water partition coefficient (Wildman–Crippen LogP) is 3.79. The molecule has 0 spiro atoms. The molecule has 0 saturated carbocycles. The maximum Gasteiger partial charge on any atom is 0.161 e. The Morgan fingerprint density at radius 2 is 2.10 bits per heavy atom. The van der Waals surface area contributed by atoms with Gasteiger partial charge in [0.1, 0.15) is 5.69 Å². The van der Waals surface area contributed by atoms with Gasteiger partial charge in [-0.15, -0.1) is 11.3 Å². The van der Waals surface area contributed by atoms with Gasteiger partial charge < -0.3 is 4.57 Å². The second-order valence-corrected chi connectivity index (χ2v) is 6.35. The highest BCUT2D eigenvalue weighted by molar-refractivity contribution is 7.07. The number of imidazole rings is 1. The van der Waals surface area contributed by atoms with E-state index >= 15 is 0 Å². The van der Waals surface area contributed by atoms with Gasteiger partial charge >= 0.3 is 0 Å². The third-order valence-electron chi connectivity index (χ3n) is 3.12. The van der Waals surface area contributed by atoms with Crippen molar-refractivity contribution in [1.29, 1.82) is 5.26 Å². The normalized spacial score (nSPS) is 11.7. The Kier molecular flexibility index (Phi) is 2.84. The van der Waals surface area contributed by atoms with Crippen LogP contribution in [0.15, 0.2) is 29.1 Å². The monoisotopic (exact) mass is 282 g/mol. The van der Waals surface area contributed by atoms with E-state index in [1.807, 2.05) is 29.1 Å². The summed E-state index contributed by atoms with van der Waals surface area (Å²) in [6, 6.07) is 7.78. The zero-order chi connectivity index (χ0) is 14.3. The van der Waals surface area contributed by atoms with Crippen LogP contribution in [0, 0.1) is 11.3 Å².